The largest absolute Gasteiger partial charge is 0.373 e. The molecular formula is C17H27NSi. The standard InChI is InChI=1S/C17H27NSi/c1-17(2)12-8-7-9-15(17)16-11-10-14(13-18(16)3)19(4,5)6/h7-13,15-16H,1-6H3. The van der Waals surface area contributed by atoms with Gasteiger partial charge in [-0.15, -0.1) is 0 Å². The maximum Gasteiger partial charge on any atom is 0.0794 e. The van der Waals surface area contributed by atoms with Gasteiger partial charge >= 0.3 is 0 Å². The highest BCUT2D eigenvalue weighted by Crippen LogP contribution is 2.38. The minimum atomic E-state index is -1.21. The number of hydrogen-bond donors (Lipinski definition) is 0. The second-order valence-corrected chi connectivity index (χ2v) is 12.5. The van der Waals surface area contributed by atoms with Gasteiger partial charge in [0.1, 0.15) is 0 Å². The van der Waals surface area contributed by atoms with Crippen LogP contribution in [0.5, 0.6) is 0 Å². The van der Waals surface area contributed by atoms with Crippen LogP contribution < -0.4 is 0 Å². The van der Waals surface area contributed by atoms with Crippen molar-refractivity contribution in [1.29, 1.82) is 0 Å². The van der Waals surface area contributed by atoms with Crippen molar-refractivity contribution in [2.24, 2.45) is 11.3 Å². The first-order valence-electron chi connectivity index (χ1n) is 7.20. The fourth-order valence-corrected chi connectivity index (χ4v) is 4.09. The third-order valence-electron chi connectivity index (χ3n) is 4.33. The molecule has 0 spiro atoms. The van der Waals surface area contributed by atoms with Crippen LogP contribution in [0.4, 0.5) is 0 Å². The molecule has 0 aromatic carbocycles. The van der Waals surface area contributed by atoms with E-state index in [9.17, 15) is 0 Å². The first-order valence-corrected chi connectivity index (χ1v) is 10.7. The van der Waals surface area contributed by atoms with Crippen LogP contribution in [0.1, 0.15) is 13.8 Å². The smallest absolute Gasteiger partial charge is 0.0794 e. The molecule has 104 valence electrons. The molecule has 1 aliphatic heterocycles. The van der Waals surface area contributed by atoms with Gasteiger partial charge in [-0.25, -0.2) is 0 Å². The third kappa shape index (κ3) is 2.94. The van der Waals surface area contributed by atoms with Crippen molar-refractivity contribution < 1.29 is 0 Å². The summed E-state index contributed by atoms with van der Waals surface area (Å²) in [7, 11) is 1.01. The Hall–Kier alpha value is -1.02. The van der Waals surface area contributed by atoms with E-state index in [1.165, 1.54) is 0 Å². The molecule has 0 saturated carbocycles. The number of likely N-dealkylation sites (N-methyl/N-ethyl adjacent to an activating group) is 1. The highest BCUT2D eigenvalue weighted by atomic mass is 28.3. The predicted molar refractivity (Wildman–Crippen MR) is 87.7 cm³/mol. The molecule has 2 rings (SSSR count). The zero-order valence-electron chi connectivity index (χ0n) is 13.1. The van der Waals surface area contributed by atoms with Gasteiger partial charge in [0.2, 0.25) is 0 Å². The van der Waals surface area contributed by atoms with Gasteiger partial charge in [0.15, 0.2) is 0 Å². The van der Waals surface area contributed by atoms with Crippen LogP contribution in [-0.2, 0) is 0 Å². The molecular weight excluding hydrogens is 246 g/mol. The van der Waals surface area contributed by atoms with Gasteiger partial charge in [-0.1, -0.05) is 69.9 Å². The van der Waals surface area contributed by atoms with Crippen LogP contribution in [0.2, 0.25) is 19.6 Å². The van der Waals surface area contributed by atoms with Crippen LogP contribution in [0.25, 0.3) is 0 Å². The Labute approximate surface area is 119 Å². The highest BCUT2D eigenvalue weighted by molar-refractivity contribution is 6.83. The Balaban J connectivity index is 2.23. The number of hydrogen-bond acceptors (Lipinski definition) is 1. The molecule has 0 bridgehead atoms. The maximum atomic E-state index is 2.41. The topological polar surface area (TPSA) is 3.24 Å². The normalized spacial score (nSPS) is 29.6. The molecule has 0 fully saturated rings. The lowest BCUT2D eigenvalue weighted by molar-refractivity contribution is 0.214. The lowest BCUT2D eigenvalue weighted by atomic mass is 9.71. The van der Waals surface area contributed by atoms with Crippen molar-refractivity contribution in [3.63, 3.8) is 0 Å². The van der Waals surface area contributed by atoms with Gasteiger partial charge in [0.05, 0.1) is 14.1 Å². The molecule has 1 nitrogen and oxygen atoms in total. The SMILES string of the molecule is CN1C=C([Si](C)(C)C)C=CC1C1C=CC=CC1(C)C. The lowest BCUT2D eigenvalue weighted by Crippen LogP contribution is -2.42. The summed E-state index contributed by atoms with van der Waals surface area (Å²) in [6.07, 6.45) is 16.2. The van der Waals surface area contributed by atoms with Crippen LogP contribution in [-0.4, -0.2) is 26.1 Å². The van der Waals surface area contributed by atoms with Gasteiger partial charge < -0.3 is 4.90 Å². The molecule has 1 aliphatic carbocycles. The molecule has 1 heterocycles. The zero-order chi connectivity index (χ0) is 14.3. The quantitative estimate of drug-likeness (QED) is 0.675. The Morgan fingerprint density at radius 2 is 1.79 bits per heavy atom. The minimum Gasteiger partial charge on any atom is -0.373 e. The van der Waals surface area contributed by atoms with E-state index in [4.69, 9.17) is 0 Å². The van der Waals surface area contributed by atoms with E-state index in [1.54, 1.807) is 5.20 Å². The first-order chi connectivity index (χ1) is 8.72. The summed E-state index contributed by atoms with van der Waals surface area (Å²) in [5, 5.41) is 1.54. The molecule has 0 aromatic rings. The molecule has 19 heavy (non-hydrogen) atoms. The molecule has 2 heteroatoms. The summed E-state index contributed by atoms with van der Waals surface area (Å²) in [6, 6.07) is 0.469. The van der Waals surface area contributed by atoms with Crippen LogP contribution in [0.3, 0.4) is 0 Å². The van der Waals surface area contributed by atoms with E-state index in [-0.39, 0.29) is 5.41 Å². The molecule has 2 atom stereocenters. The van der Waals surface area contributed by atoms with Crippen molar-refractivity contribution in [1.82, 2.24) is 4.90 Å². The number of allylic oxidation sites excluding steroid dienone is 5. The molecule has 0 saturated heterocycles. The fraction of sp³-hybridized carbons (Fsp3) is 0.529. The summed E-state index contributed by atoms with van der Waals surface area (Å²) in [5.41, 5.74) is 0.225. The van der Waals surface area contributed by atoms with Crippen molar-refractivity contribution >= 4 is 8.07 Å². The average molecular weight is 273 g/mol. The van der Waals surface area contributed by atoms with E-state index >= 15 is 0 Å². The summed E-state index contributed by atoms with van der Waals surface area (Å²) in [4.78, 5) is 2.41. The van der Waals surface area contributed by atoms with Crippen LogP contribution >= 0.6 is 0 Å². The zero-order valence-corrected chi connectivity index (χ0v) is 14.1. The van der Waals surface area contributed by atoms with Crippen molar-refractivity contribution in [2.75, 3.05) is 7.05 Å². The minimum absolute atomic E-state index is 0.225. The molecule has 0 radical (unpaired) electrons. The summed E-state index contributed by atoms with van der Waals surface area (Å²) < 4.78 is 0. The van der Waals surface area contributed by atoms with Gasteiger partial charge in [0.25, 0.3) is 0 Å². The number of rotatable bonds is 2. The molecule has 2 unspecified atom stereocenters. The third-order valence-corrected chi connectivity index (χ3v) is 6.36. The van der Waals surface area contributed by atoms with Gasteiger partial charge in [-0.05, 0) is 16.8 Å². The fourth-order valence-electron chi connectivity index (χ4n) is 2.90. The number of nitrogens with zero attached hydrogens (tertiary/aromatic N) is 1. The van der Waals surface area contributed by atoms with Gasteiger partial charge in [0, 0.05) is 13.0 Å². The van der Waals surface area contributed by atoms with E-state index in [0.717, 1.165) is 0 Å². The Morgan fingerprint density at radius 3 is 2.32 bits per heavy atom. The molecule has 0 N–H and O–H groups in total. The first kappa shape index (κ1) is 14.4. The van der Waals surface area contributed by atoms with Crippen LogP contribution in [0, 0.1) is 11.3 Å². The summed E-state index contributed by atoms with van der Waals surface area (Å²) >= 11 is 0. The summed E-state index contributed by atoms with van der Waals surface area (Å²) in [6.45, 7) is 11.9. The van der Waals surface area contributed by atoms with Crippen LogP contribution in [0.15, 0.2) is 47.9 Å². The maximum absolute atomic E-state index is 2.41. The van der Waals surface area contributed by atoms with Crippen molar-refractivity contribution in [3.05, 3.63) is 47.9 Å². The van der Waals surface area contributed by atoms with E-state index in [2.05, 4.69) is 88.1 Å². The molecule has 0 amide bonds. The van der Waals surface area contributed by atoms with Crippen molar-refractivity contribution in [2.45, 2.75) is 39.5 Å². The van der Waals surface area contributed by atoms with Gasteiger partial charge in [-0.3, -0.25) is 0 Å². The van der Waals surface area contributed by atoms with Crippen molar-refractivity contribution in [3.8, 4) is 0 Å². The second kappa shape index (κ2) is 4.82. The van der Waals surface area contributed by atoms with E-state index < -0.39 is 8.07 Å². The second-order valence-electron chi connectivity index (χ2n) is 7.44. The average Bonchev–Trinajstić information content (AvgIpc) is 2.28. The Bertz CT molecular complexity index is 460. The Morgan fingerprint density at radius 1 is 1.11 bits per heavy atom. The summed E-state index contributed by atoms with van der Waals surface area (Å²) in [5.74, 6) is 0.540. The monoisotopic (exact) mass is 273 g/mol. The van der Waals surface area contributed by atoms with E-state index in [0.29, 0.717) is 12.0 Å². The predicted octanol–water partition coefficient (Wildman–Crippen LogP) is 4.39. The van der Waals surface area contributed by atoms with Gasteiger partial charge in [-0.2, -0.15) is 0 Å². The Kier molecular flexibility index (Phi) is 3.65. The lowest BCUT2D eigenvalue weighted by Gasteiger charge is -2.42. The molecule has 2 aliphatic rings. The highest BCUT2D eigenvalue weighted by Gasteiger charge is 2.35. The van der Waals surface area contributed by atoms with E-state index in [1.807, 2.05) is 0 Å². The molecule has 0 aromatic heterocycles.